The summed E-state index contributed by atoms with van der Waals surface area (Å²) in [7, 11) is 0. The van der Waals surface area contributed by atoms with Crippen molar-refractivity contribution < 1.29 is 22.4 Å². The minimum Gasteiger partial charge on any atom is -0.457 e. The highest BCUT2D eigenvalue weighted by atomic mass is 32.1. The molecule has 1 fully saturated rings. The first-order valence-corrected chi connectivity index (χ1v) is 10.3. The normalized spacial score (nSPS) is 20.0. The van der Waals surface area contributed by atoms with E-state index < -0.39 is 24.2 Å². The summed E-state index contributed by atoms with van der Waals surface area (Å²) >= 11 is 1.52. The van der Waals surface area contributed by atoms with Crippen molar-refractivity contribution in [2.24, 2.45) is 5.92 Å². The third kappa shape index (κ3) is 4.72. The molecule has 9 heteroatoms. The molecule has 29 heavy (non-hydrogen) atoms. The van der Waals surface area contributed by atoms with Crippen LogP contribution in [-0.4, -0.2) is 23.2 Å². The molecule has 2 unspecified atom stereocenters. The zero-order valence-corrected chi connectivity index (χ0v) is 16.3. The van der Waals surface area contributed by atoms with E-state index in [-0.39, 0.29) is 19.4 Å². The highest BCUT2D eigenvalue weighted by molar-refractivity contribution is 7.21. The molecule has 2 amide bonds. The van der Waals surface area contributed by atoms with Gasteiger partial charge in [0.25, 0.3) is 0 Å². The Morgan fingerprint density at radius 2 is 2.03 bits per heavy atom. The summed E-state index contributed by atoms with van der Waals surface area (Å²) < 4.78 is 45.5. The van der Waals surface area contributed by atoms with E-state index in [0.717, 1.165) is 15.2 Å². The van der Waals surface area contributed by atoms with Crippen LogP contribution in [0.15, 0.2) is 40.8 Å². The van der Waals surface area contributed by atoms with Crippen LogP contribution in [0.3, 0.4) is 0 Å². The lowest BCUT2D eigenvalue weighted by Crippen LogP contribution is -2.45. The van der Waals surface area contributed by atoms with Crippen LogP contribution in [0.5, 0.6) is 0 Å². The van der Waals surface area contributed by atoms with Gasteiger partial charge in [0, 0.05) is 6.04 Å². The lowest BCUT2D eigenvalue weighted by Gasteiger charge is -2.30. The topological polar surface area (TPSA) is 67.2 Å². The molecule has 2 atom stereocenters. The molecule has 2 N–H and O–H groups in total. The third-order valence-corrected chi connectivity index (χ3v) is 6.11. The van der Waals surface area contributed by atoms with Gasteiger partial charge in [-0.15, -0.1) is 11.3 Å². The molecule has 1 saturated carbocycles. The summed E-state index contributed by atoms with van der Waals surface area (Å²) in [5, 5.41) is 6.05. The summed E-state index contributed by atoms with van der Waals surface area (Å²) in [5.74, 6) is -0.182. The zero-order valence-electron chi connectivity index (χ0n) is 15.5. The van der Waals surface area contributed by atoms with Gasteiger partial charge in [-0.25, -0.2) is 9.78 Å². The first-order valence-electron chi connectivity index (χ1n) is 9.44. The Kier molecular flexibility index (Phi) is 5.49. The van der Waals surface area contributed by atoms with E-state index in [9.17, 15) is 18.0 Å². The molecule has 0 spiro atoms. The standard InChI is InChI=1S/C20H20F3N3O2S/c21-20(22,23)12-4-3-5-13(10-12)25-19(27)24-11-14-8-9-16(28-14)18-26-15-6-1-2-7-17(15)29-18/h1-2,6-9,12-13H,3-5,10-11H2,(H2,24,25,27). The van der Waals surface area contributed by atoms with Crippen LogP contribution >= 0.6 is 11.3 Å². The van der Waals surface area contributed by atoms with Crippen LogP contribution in [-0.2, 0) is 6.54 Å². The van der Waals surface area contributed by atoms with Gasteiger partial charge in [-0.1, -0.05) is 18.6 Å². The Hall–Kier alpha value is -2.55. The maximum absolute atomic E-state index is 12.9. The largest absolute Gasteiger partial charge is 0.457 e. The maximum Gasteiger partial charge on any atom is 0.391 e. The highest BCUT2D eigenvalue weighted by Crippen LogP contribution is 2.37. The molecule has 154 valence electrons. The van der Waals surface area contributed by atoms with Gasteiger partial charge in [-0.05, 0) is 43.5 Å². The maximum atomic E-state index is 12.9. The van der Waals surface area contributed by atoms with E-state index >= 15 is 0 Å². The molecule has 4 rings (SSSR count). The molecule has 1 aromatic carbocycles. The number of amides is 2. The second kappa shape index (κ2) is 8.06. The predicted molar refractivity (Wildman–Crippen MR) is 104 cm³/mol. The van der Waals surface area contributed by atoms with Crippen molar-refractivity contribution in [1.82, 2.24) is 15.6 Å². The number of carbonyl (C=O) groups is 1. The minimum atomic E-state index is -4.21. The molecule has 0 bridgehead atoms. The lowest BCUT2D eigenvalue weighted by molar-refractivity contribution is -0.183. The number of alkyl halides is 3. The number of thiazole rings is 1. The Labute approximate surface area is 169 Å². The van der Waals surface area contributed by atoms with E-state index in [1.54, 1.807) is 12.1 Å². The Morgan fingerprint density at radius 3 is 2.83 bits per heavy atom. The van der Waals surface area contributed by atoms with E-state index in [1.807, 2.05) is 24.3 Å². The second-order valence-electron chi connectivity index (χ2n) is 7.18. The number of fused-ring (bicyclic) bond motifs is 1. The van der Waals surface area contributed by atoms with Gasteiger partial charge in [0.15, 0.2) is 10.8 Å². The number of halogens is 3. The molecule has 2 heterocycles. The van der Waals surface area contributed by atoms with Crippen molar-refractivity contribution in [3.63, 3.8) is 0 Å². The molecule has 5 nitrogen and oxygen atoms in total. The summed E-state index contributed by atoms with van der Waals surface area (Å²) in [6, 6.07) is 10.4. The molecule has 0 aliphatic heterocycles. The van der Waals surface area contributed by atoms with E-state index in [0.29, 0.717) is 24.4 Å². The third-order valence-electron chi connectivity index (χ3n) is 5.06. The SMILES string of the molecule is O=C(NCc1ccc(-c2nc3ccccc3s2)o1)NC1CCCC(C(F)(F)F)C1. The van der Waals surface area contributed by atoms with Crippen LogP contribution in [0.4, 0.5) is 18.0 Å². The van der Waals surface area contributed by atoms with E-state index in [2.05, 4.69) is 15.6 Å². The number of rotatable bonds is 4. The number of urea groups is 1. The summed E-state index contributed by atoms with van der Waals surface area (Å²) in [5.41, 5.74) is 0.896. The number of nitrogens with one attached hydrogen (secondary N) is 2. The number of carbonyl (C=O) groups excluding carboxylic acids is 1. The predicted octanol–water partition coefficient (Wildman–Crippen LogP) is 5.48. The highest BCUT2D eigenvalue weighted by Gasteiger charge is 2.42. The Balaban J connectivity index is 1.31. The number of benzene rings is 1. The number of hydrogen-bond acceptors (Lipinski definition) is 4. The van der Waals surface area contributed by atoms with Crippen molar-refractivity contribution in [1.29, 1.82) is 0 Å². The van der Waals surface area contributed by atoms with Crippen LogP contribution in [0, 0.1) is 5.92 Å². The van der Waals surface area contributed by atoms with Gasteiger partial charge in [-0.2, -0.15) is 13.2 Å². The fourth-order valence-electron chi connectivity index (χ4n) is 3.59. The van der Waals surface area contributed by atoms with Crippen molar-refractivity contribution >= 4 is 27.6 Å². The molecule has 3 aromatic rings. The van der Waals surface area contributed by atoms with Crippen molar-refractivity contribution in [3.8, 4) is 10.8 Å². The number of furan rings is 1. The average molecular weight is 423 g/mol. The molecule has 1 aliphatic rings. The Morgan fingerprint density at radius 1 is 1.21 bits per heavy atom. The van der Waals surface area contributed by atoms with Crippen LogP contribution < -0.4 is 10.6 Å². The number of aromatic nitrogens is 1. The fraction of sp³-hybridized carbons (Fsp3) is 0.400. The quantitative estimate of drug-likeness (QED) is 0.584. The second-order valence-corrected chi connectivity index (χ2v) is 8.21. The first-order chi connectivity index (χ1) is 13.9. The fourth-order valence-corrected chi connectivity index (χ4v) is 4.51. The average Bonchev–Trinajstić information content (AvgIpc) is 3.32. The number of para-hydroxylation sites is 1. The number of hydrogen-bond donors (Lipinski definition) is 2. The molecular formula is C20H20F3N3O2S. The van der Waals surface area contributed by atoms with Crippen molar-refractivity contribution in [3.05, 3.63) is 42.2 Å². The van der Waals surface area contributed by atoms with Crippen molar-refractivity contribution in [2.75, 3.05) is 0 Å². The molecule has 2 aromatic heterocycles. The smallest absolute Gasteiger partial charge is 0.391 e. The van der Waals surface area contributed by atoms with Crippen LogP contribution in [0.25, 0.3) is 21.0 Å². The van der Waals surface area contributed by atoms with Crippen LogP contribution in [0.2, 0.25) is 0 Å². The van der Waals surface area contributed by atoms with Crippen molar-refractivity contribution in [2.45, 2.75) is 44.4 Å². The first kappa shape index (κ1) is 19.8. The van der Waals surface area contributed by atoms with E-state index in [4.69, 9.17) is 4.42 Å². The van der Waals surface area contributed by atoms with Gasteiger partial charge in [-0.3, -0.25) is 0 Å². The van der Waals surface area contributed by atoms with E-state index in [1.165, 1.54) is 11.3 Å². The van der Waals surface area contributed by atoms with Gasteiger partial charge in [0.1, 0.15) is 5.76 Å². The van der Waals surface area contributed by atoms with Gasteiger partial charge in [0.05, 0.1) is 22.7 Å². The molecule has 1 aliphatic carbocycles. The summed E-state index contributed by atoms with van der Waals surface area (Å²) in [6.45, 7) is 0.145. The lowest BCUT2D eigenvalue weighted by atomic mass is 9.85. The molecular weight excluding hydrogens is 403 g/mol. The van der Waals surface area contributed by atoms with Crippen LogP contribution in [0.1, 0.15) is 31.4 Å². The Bertz CT molecular complexity index is 965. The molecule has 0 radical (unpaired) electrons. The minimum absolute atomic E-state index is 0.0700. The summed E-state index contributed by atoms with van der Waals surface area (Å²) in [4.78, 5) is 16.6. The van der Waals surface area contributed by atoms with Gasteiger partial charge in [0.2, 0.25) is 0 Å². The summed E-state index contributed by atoms with van der Waals surface area (Å²) in [6.07, 6.45) is -3.13. The number of nitrogens with zero attached hydrogens (tertiary/aromatic N) is 1. The van der Waals surface area contributed by atoms with Gasteiger partial charge < -0.3 is 15.1 Å². The van der Waals surface area contributed by atoms with Gasteiger partial charge >= 0.3 is 12.2 Å². The monoisotopic (exact) mass is 423 g/mol. The molecule has 0 saturated heterocycles. The zero-order chi connectivity index (χ0) is 20.4.